The van der Waals surface area contributed by atoms with Crippen LogP contribution in [0.3, 0.4) is 0 Å². The van der Waals surface area contributed by atoms with Crippen LogP contribution in [0, 0.1) is 13.8 Å². The number of anilines is 3. The Kier molecular flexibility index (Phi) is 13.8. The molecule has 7 rings (SSSR count). The van der Waals surface area contributed by atoms with Crippen molar-refractivity contribution in [3.63, 3.8) is 0 Å². The van der Waals surface area contributed by atoms with Crippen molar-refractivity contribution in [3.05, 3.63) is 229 Å². The molecule has 304 valence electrons. The van der Waals surface area contributed by atoms with Crippen molar-refractivity contribution in [1.29, 1.82) is 0 Å². The maximum absolute atomic E-state index is 4.50. The van der Waals surface area contributed by atoms with Crippen LogP contribution in [0.25, 0.3) is 50.0 Å². The van der Waals surface area contributed by atoms with Gasteiger partial charge in [-0.25, -0.2) is 0 Å². The average Bonchev–Trinajstić information content (AvgIpc) is 3.56. The van der Waals surface area contributed by atoms with E-state index in [0.29, 0.717) is 0 Å². The van der Waals surface area contributed by atoms with Crippen LogP contribution in [0.5, 0.6) is 0 Å². The van der Waals surface area contributed by atoms with Crippen molar-refractivity contribution in [1.82, 2.24) is 4.57 Å². The van der Waals surface area contributed by atoms with E-state index < -0.39 is 0 Å². The lowest BCUT2D eigenvalue weighted by molar-refractivity contribution is 0.843. The summed E-state index contributed by atoms with van der Waals surface area (Å²) in [6.07, 6.45) is 18.5. The second-order valence-electron chi connectivity index (χ2n) is 15.8. The molecular weight excluding hydrogens is 737 g/mol. The van der Waals surface area contributed by atoms with E-state index in [0.717, 1.165) is 48.3 Å². The number of allylic oxidation sites excluding steroid dienone is 10. The second kappa shape index (κ2) is 19.9. The van der Waals surface area contributed by atoms with Crippen LogP contribution >= 0.6 is 0 Å². The van der Waals surface area contributed by atoms with Gasteiger partial charge in [0, 0.05) is 33.8 Å². The zero-order valence-electron chi connectivity index (χ0n) is 36.5. The van der Waals surface area contributed by atoms with Crippen LogP contribution in [0.1, 0.15) is 68.8 Å². The van der Waals surface area contributed by atoms with Gasteiger partial charge in [-0.15, -0.1) is 0 Å². The maximum atomic E-state index is 4.50. The first kappa shape index (κ1) is 42.2. The second-order valence-corrected chi connectivity index (χ2v) is 15.8. The highest BCUT2D eigenvalue weighted by atomic mass is 15.1. The largest absolute Gasteiger partial charge is 0.314 e. The van der Waals surface area contributed by atoms with Gasteiger partial charge < -0.3 is 9.47 Å². The van der Waals surface area contributed by atoms with Gasteiger partial charge in [0.05, 0.1) is 5.52 Å². The highest BCUT2D eigenvalue weighted by molar-refractivity contribution is 6.00. The van der Waals surface area contributed by atoms with Crippen LogP contribution in [0.15, 0.2) is 207 Å². The number of aromatic nitrogens is 1. The summed E-state index contributed by atoms with van der Waals surface area (Å²) in [6, 6.07) is 53.3. The van der Waals surface area contributed by atoms with E-state index in [1.54, 1.807) is 0 Å². The Bertz CT molecular complexity index is 2730. The predicted octanol–water partition coefficient (Wildman–Crippen LogP) is 17.3. The number of nitrogens with zero attached hydrogens (tertiary/aromatic N) is 2. The van der Waals surface area contributed by atoms with Crippen LogP contribution < -0.4 is 4.90 Å². The summed E-state index contributed by atoms with van der Waals surface area (Å²) in [6.45, 7) is 19.2. The summed E-state index contributed by atoms with van der Waals surface area (Å²) in [5.41, 5.74) is 19.3. The molecule has 7 aromatic rings. The Labute approximate surface area is 364 Å². The van der Waals surface area contributed by atoms with Gasteiger partial charge in [-0.2, -0.15) is 0 Å². The molecule has 0 aliphatic heterocycles. The van der Waals surface area contributed by atoms with Crippen molar-refractivity contribution in [2.24, 2.45) is 0 Å². The van der Waals surface area contributed by atoms with Crippen molar-refractivity contribution in [2.45, 2.75) is 60.3 Å². The molecule has 1 heterocycles. The van der Waals surface area contributed by atoms with Crippen LogP contribution in [0.2, 0.25) is 0 Å². The molecule has 0 bridgehead atoms. The fourth-order valence-electron chi connectivity index (χ4n) is 8.32. The fourth-order valence-corrected chi connectivity index (χ4v) is 8.32. The van der Waals surface area contributed by atoms with Gasteiger partial charge in [-0.1, -0.05) is 159 Å². The Morgan fingerprint density at radius 3 is 1.97 bits per heavy atom. The lowest BCUT2D eigenvalue weighted by Crippen LogP contribution is -2.10. The topological polar surface area (TPSA) is 8.17 Å². The van der Waals surface area contributed by atoms with Gasteiger partial charge in [0.15, 0.2) is 0 Å². The zero-order chi connectivity index (χ0) is 42.7. The smallest absolute Gasteiger partial charge is 0.0540 e. The molecule has 61 heavy (non-hydrogen) atoms. The SMILES string of the molecule is C=C/C=C\C=C(/C)CCCC(=C)c1ccc(N(c2ccc(-c3ccc(/C(=C/C=C\C)CC)cc3)cc2)c2cccc(-c3cccc4c3c(C)c(C)n4-c3ccccc3)c2)cc1. The maximum Gasteiger partial charge on any atom is 0.0540 e. The molecule has 0 N–H and O–H groups in total. The third kappa shape index (κ3) is 9.61. The Morgan fingerprint density at radius 2 is 1.30 bits per heavy atom. The summed E-state index contributed by atoms with van der Waals surface area (Å²) in [5.74, 6) is 0. The molecule has 2 heteroatoms. The lowest BCUT2D eigenvalue weighted by Gasteiger charge is -2.26. The highest BCUT2D eigenvalue weighted by Gasteiger charge is 2.19. The lowest BCUT2D eigenvalue weighted by atomic mass is 9.97. The van der Waals surface area contributed by atoms with E-state index >= 15 is 0 Å². The quantitative estimate of drug-likeness (QED) is 0.0885. The van der Waals surface area contributed by atoms with E-state index in [4.69, 9.17) is 0 Å². The first-order chi connectivity index (χ1) is 29.8. The fraction of sp³-hybridized carbons (Fsp3) is 0.153. The predicted molar refractivity (Wildman–Crippen MR) is 267 cm³/mol. The minimum absolute atomic E-state index is 0.951. The number of benzene rings is 6. The summed E-state index contributed by atoms with van der Waals surface area (Å²) >= 11 is 0. The van der Waals surface area contributed by atoms with Gasteiger partial charge in [-0.05, 0) is 158 Å². The first-order valence-electron chi connectivity index (χ1n) is 21.6. The molecule has 0 saturated heterocycles. The standard InChI is InChI=1S/C59H58N2/c1-8-11-14-20-43(4)21-17-22-44(5)48-34-38-54(39-35-48)61(55-40-36-51(37-41-55)50-32-30-49(31-33-50)47(10-3)23-12-9-2)56-27-18-24-52(42-56)57-28-19-29-58-59(57)45(6)46(7)60(58)53-25-15-13-16-26-53/h8-9,11-16,18-20,23-42H,1,5,10,17,21-22H2,2-4,6-7H3/b12-9-,14-11-,43-20+,47-23+. The summed E-state index contributed by atoms with van der Waals surface area (Å²) in [5, 5.41) is 1.29. The van der Waals surface area contributed by atoms with Crippen LogP contribution in [-0.2, 0) is 0 Å². The molecule has 1 aromatic heterocycles. The van der Waals surface area contributed by atoms with Crippen molar-refractivity contribution >= 4 is 39.1 Å². The van der Waals surface area contributed by atoms with Crippen LogP contribution in [-0.4, -0.2) is 4.57 Å². The highest BCUT2D eigenvalue weighted by Crippen LogP contribution is 2.41. The Balaban J connectivity index is 1.24. The number of hydrogen-bond acceptors (Lipinski definition) is 1. The number of aryl methyl sites for hydroxylation is 1. The van der Waals surface area contributed by atoms with Gasteiger partial charge in [0.25, 0.3) is 0 Å². The molecule has 0 spiro atoms. The first-order valence-corrected chi connectivity index (χ1v) is 21.6. The van der Waals surface area contributed by atoms with Crippen molar-refractivity contribution in [3.8, 4) is 27.9 Å². The zero-order valence-corrected chi connectivity index (χ0v) is 36.5. The van der Waals surface area contributed by atoms with E-state index in [1.165, 1.54) is 72.4 Å². The van der Waals surface area contributed by atoms with Crippen molar-refractivity contribution < 1.29 is 0 Å². The third-order valence-corrected chi connectivity index (χ3v) is 11.8. The molecule has 0 amide bonds. The molecule has 0 aliphatic carbocycles. The monoisotopic (exact) mass is 794 g/mol. The summed E-state index contributed by atoms with van der Waals surface area (Å²) in [4.78, 5) is 2.38. The molecule has 0 aliphatic rings. The van der Waals surface area contributed by atoms with Crippen LogP contribution in [0.4, 0.5) is 17.1 Å². The number of rotatable bonds is 16. The molecule has 0 radical (unpaired) electrons. The minimum Gasteiger partial charge on any atom is -0.314 e. The van der Waals surface area contributed by atoms with E-state index in [9.17, 15) is 0 Å². The minimum atomic E-state index is 0.951. The van der Waals surface area contributed by atoms with E-state index in [-0.39, 0.29) is 0 Å². The Morgan fingerprint density at radius 1 is 0.639 bits per heavy atom. The molecule has 0 fully saturated rings. The molecule has 0 saturated carbocycles. The average molecular weight is 795 g/mol. The summed E-state index contributed by atoms with van der Waals surface area (Å²) < 4.78 is 2.39. The van der Waals surface area contributed by atoms with Gasteiger partial charge in [0.2, 0.25) is 0 Å². The van der Waals surface area contributed by atoms with Crippen molar-refractivity contribution in [2.75, 3.05) is 4.90 Å². The number of fused-ring (bicyclic) bond motifs is 1. The molecule has 2 nitrogen and oxygen atoms in total. The van der Waals surface area contributed by atoms with E-state index in [2.05, 4.69) is 233 Å². The van der Waals surface area contributed by atoms with Gasteiger partial charge in [0.1, 0.15) is 0 Å². The number of hydrogen-bond donors (Lipinski definition) is 0. The molecule has 0 unspecified atom stereocenters. The third-order valence-electron chi connectivity index (χ3n) is 11.8. The molecule has 6 aromatic carbocycles. The van der Waals surface area contributed by atoms with E-state index in [1.807, 2.05) is 12.2 Å². The normalized spacial score (nSPS) is 12.1. The van der Waals surface area contributed by atoms with Gasteiger partial charge >= 0.3 is 0 Å². The Hall–Kier alpha value is -6.90. The molecule has 0 atom stereocenters. The van der Waals surface area contributed by atoms with Gasteiger partial charge in [-0.3, -0.25) is 0 Å². The number of para-hydroxylation sites is 1. The molecular formula is C59H58N2. The summed E-state index contributed by atoms with van der Waals surface area (Å²) in [7, 11) is 0.